The lowest BCUT2D eigenvalue weighted by atomic mass is 10.1. The molecule has 4 rings (SSSR count). The highest BCUT2D eigenvalue weighted by Crippen LogP contribution is 2.41. The summed E-state index contributed by atoms with van der Waals surface area (Å²) in [7, 11) is 3.84. The molecule has 5 N–H and O–H groups in total. The van der Waals surface area contributed by atoms with Crippen LogP contribution >= 0.6 is 11.8 Å². The molecular weight excluding hydrogens is 799 g/mol. The number of carbonyl (C=O) groups excluding carboxylic acids is 4. The van der Waals surface area contributed by atoms with Gasteiger partial charge in [-0.1, -0.05) is 36.0 Å². The molecule has 0 fully saturated rings. The van der Waals surface area contributed by atoms with E-state index in [0.29, 0.717) is 59.5 Å². The first kappa shape index (κ1) is 46.8. The smallest absolute Gasteiger partial charge is 0.411 e. The molecule has 3 aromatic rings. The molecule has 60 heavy (non-hydrogen) atoms. The number of aliphatic hydroxyl groups is 1. The van der Waals surface area contributed by atoms with Crippen molar-refractivity contribution in [2.75, 3.05) is 97.3 Å². The molecule has 0 spiro atoms. The zero-order chi connectivity index (χ0) is 43.1. The van der Waals surface area contributed by atoms with E-state index in [2.05, 4.69) is 20.9 Å². The normalized spacial score (nSPS) is 13.7. The quantitative estimate of drug-likeness (QED) is 0.0404. The molecule has 0 atom stereocenters. The first-order valence-electron chi connectivity index (χ1n) is 19.1. The predicted octanol–water partition coefficient (Wildman–Crippen LogP) is 5.51. The summed E-state index contributed by atoms with van der Waals surface area (Å²) in [5, 5.41) is 29.6. The van der Waals surface area contributed by atoms with Gasteiger partial charge in [-0.05, 0) is 81.5 Å². The van der Waals surface area contributed by atoms with Crippen molar-refractivity contribution in [1.82, 2.24) is 10.2 Å². The Morgan fingerprint density at radius 3 is 2.22 bits per heavy atom. The van der Waals surface area contributed by atoms with Crippen molar-refractivity contribution in [1.29, 1.82) is 0 Å². The lowest BCUT2D eigenvalue weighted by Crippen LogP contribution is -2.28. The van der Waals surface area contributed by atoms with Gasteiger partial charge in [-0.15, -0.1) is 0 Å². The number of rotatable bonds is 25. The van der Waals surface area contributed by atoms with Crippen LogP contribution in [0.4, 0.5) is 21.9 Å². The number of thioether (sulfide) groups is 1. The van der Waals surface area contributed by atoms with Gasteiger partial charge in [0.1, 0.15) is 23.0 Å². The average Bonchev–Trinajstić information content (AvgIpc) is 3.52. The number of aliphatic imine (C=N–C) groups is 1. The Morgan fingerprint density at radius 1 is 0.833 bits per heavy atom. The summed E-state index contributed by atoms with van der Waals surface area (Å²) in [5.41, 5.74) is 1.98. The van der Waals surface area contributed by atoms with Crippen LogP contribution in [0.3, 0.4) is 0 Å². The van der Waals surface area contributed by atoms with E-state index in [-0.39, 0.29) is 80.3 Å². The molecule has 0 bridgehead atoms. The zero-order valence-corrected chi connectivity index (χ0v) is 34.6. The summed E-state index contributed by atoms with van der Waals surface area (Å²) in [6, 6.07) is 18.3. The maximum Gasteiger partial charge on any atom is 0.411 e. The molecule has 1 aliphatic heterocycles. The summed E-state index contributed by atoms with van der Waals surface area (Å²) in [5.74, 6) is -1.23. The van der Waals surface area contributed by atoms with Crippen LogP contribution in [-0.2, 0) is 33.3 Å². The first-order chi connectivity index (χ1) is 29.1. The topological polar surface area (TPSA) is 216 Å². The van der Waals surface area contributed by atoms with Crippen LogP contribution in [-0.4, -0.2) is 131 Å². The van der Waals surface area contributed by atoms with E-state index in [1.807, 2.05) is 37.2 Å². The number of phenols is 1. The van der Waals surface area contributed by atoms with E-state index >= 15 is 0 Å². The van der Waals surface area contributed by atoms with Crippen molar-refractivity contribution in [2.24, 2.45) is 4.99 Å². The summed E-state index contributed by atoms with van der Waals surface area (Å²) in [6.07, 6.45) is 2.09. The number of ether oxygens (including phenoxy) is 6. The fourth-order valence-corrected chi connectivity index (χ4v) is 6.32. The minimum absolute atomic E-state index is 0.0216. The standard InChI is InChI=1S/C42H51N5O12S/c1-4-57-41(52)37-38(50)36(60-40(37)45-31-9-6-5-7-10-31)24-29-11-12-35(34(49)23-29)58-22-21-56-20-19-55-18-17-54-16-13-43-39(51)30-25-32(44-28-48)27-33(26-30)46-42(53)59-15-8-14-47(2)3/h5-7,9-12,23-28,49-50H,4,8,13-22H2,1-3H3,(H,43,51)(H,44,48)(H,46,53)/b36-24-,45-40?. The van der Waals surface area contributed by atoms with Gasteiger partial charge in [-0.25, -0.2) is 14.6 Å². The van der Waals surface area contributed by atoms with Crippen LogP contribution in [0.25, 0.3) is 6.08 Å². The van der Waals surface area contributed by atoms with Crippen LogP contribution in [0.5, 0.6) is 11.5 Å². The van der Waals surface area contributed by atoms with Gasteiger partial charge in [0.25, 0.3) is 5.91 Å². The van der Waals surface area contributed by atoms with Crippen LogP contribution in [0.15, 0.2) is 88.0 Å². The van der Waals surface area contributed by atoms with Crippen molar-refractivity contribution >= 4 is 64.3 Å². The second-order valence-corrected chi connectivity index (χ2v) is 14.0. The van der Waals surface area contributed by atoms with E-state index in [1.165, 1.54) is 24.3 Å². The first-order valence-corrected chi connectivity index (χ1v) is 19.9. The van der Waals surface area contributed by atoms with Crippen molar-refractivity contribution in [2.45, 2.75) is 13.3 Å². The second kappa shape index (κ2) is 25.5. The number of esters is 1. The SMILES string of the molecule is CCOC(=O)C1=C(O)/C(=C/c2ccc(OCCOCCOCCOCCNC(=O)c3cc(NC=O)cc(NC(=O)OCCCN(C)C)c3)c(O)c2)SC1=Nc1ccccc1. The summed E-state index contributed by atoms with van der Waals surface area (Å²) >= 11 is 1.12. The molecule has 0 aliphatic carbocycles. The molecule has 0 radical (unpaired) electrons. The van der Waals surface area contributed by atoms with Gasteiger partial charge in [-0.3, -0.25) is 14.9 Å². The molecule has 0 aromatic heterocycles. The van der Waals surface area contributed by atoms with Gasteiger partial charge < -0.3 is 54.2 Å². The zero-order valence-electron chi connectivity index (χ0n) is 33.8. The Balaban J connectivity index is 1.09. The number of benzene rings is 3. The summed E-state index contributed by atoms with van der Waals surface area (Å²) in [4.78, 5) is 55.5. The molecule has 3 aromatic carbocycles. The Morgan fingerprint density at radius 2 is 1.53 bits per heavy atom. The molecule has 0 saturated heterocycles. The van der Waals surface area contributed by atoms with E-state index in [0.717, 1.165) is 18.3 Å². The number of aliphatic hydroxyl groups excluding tert-OH is 1. The number of para-hydroxylation sites is 1. The molecule has 1 heterocycles. The highest BCUT2D eigenvalue weighted by Gasteiger charge is 2.33. The summed E-state index contributed by atoms with van der Waals surface area (Å²) in [6.45, 7) is 4.88. The minimum atomic E-state index is -0.681. The number of aromatic hydroxyl groups is 1. The van der Waals surface area contributed by atoms with Gasteiger partial charge in [0, 0.05) is 30.0 Å². The highest BCUT2D eigenvalue weighted by molar-refractivity contribution is 8.18. The van der Waals surface area contributed by atoms with Gasteiger partial charge in [-0.2, -0.15) is 0 Å². The number of hydrogen-bond donors (Lipinski definition) is 5. The maximum atomic E-state index is 12.8. The molecule has 18 heteroatoms. The highest BCUT2D eigenvalue weighted by atomic mass is 32.2. The molecule has 17 nitrogen and oxygen atoms in total. The number of amides is 3. The average molecular weight is 850 g/mol. The number of nitrogens with one attached hydrogen (secondary N) is 3. The monoisotopic (exact) mass is 849 g/mol. The van der Waals surface area contributed by atoms with E-state index in [1.54, 1.807) is 37.3 Å². The van der Waals surface area contributed by atoms with Crippen LogP contribution in [0.1, 0.15) is 29.3 Å². The van der Waals surface area contributed by atoms with Crippen molar-refractivity contribution in [3.63, 3.8) is 0 Å². The predicted molar refractivity (Wildman–Crippen MR) is 228 cm³/mol. The van der Waals surface area contributed by atoms with E-state index in [4.69, 9.17) is 28.4 Å². The summed E-state index contributed by atoms with van der Waals surface area (Å²) < 4.78 is 32.6. The van der Waals surface area contributed by atoms with E-state index < -0.39 is 18.0 Å². The molecule has 0 unspecified atom stereocenters. The maximum absolute atomic E-state index is 12.8. The minimum Gasteiger partial charge on any atom is -0.506 e. The Bertz CT molecular complexity index is 1990. The number of phenolic OH excluding ortho intramolecular Hbond substituents is 1. The molecule has 0 saturated carbocycles. The molecule has 3 amide bonds. The van der Waals surface area contributed by atoms with Crippen LogP contribution in [0, 0.1) is 0 Å². The Labute approximate surface area is 352 Å². The van der Waals surface area contributed by atoms with Gasteiger partial charge in [0.2, 0.25) is 6.41 Å². The lowest BCUT2D eigenvalue weighted by molar-refractivity contribution is -0.138. The van der Waals surface area contributed by atoms with Gasteiger partial charge in [0.15, 0.2) is 11.5 Å². The second-order valence-electron chi connectivity index (χ2n) is 13.0. The fraction of sp³-hybridized carbons (Fsp3) is 0.357. The third kappa shape index (κ3) is 16.0. The van der Waals surface area contributed by atoms with Gasteiger partial charge in [0.05, 0.1) is 63.4 Å². The van der Waals surface area contributed by atoms with Crippen molar-refractivity contribution < 1.29 is 57.8 Å². The number of hydrogen-bond acceptors (Lipinski definition) is 15. The van der Waals surface area contributed by atoms with Gasteiger partial charge >= 0.3 is 12.1 Å². The molecule has 322 valence electrons. The third-order valence-corrected chi connectivity index (χ3v) is 9.07. The Kier molecular flexibility index (Phi) is 19.9. The van der Waals surface area contributed by atoms with E-state index in [9.17, 15) is 29.4 Å². The molecule has 1 aliphatic rings. The number of anilines is 2. The lowest BCUT2D eigenvalue weighted by Gasteiger charge is -2.12. The third-order valence-electron chi connectivity index (χ3n) is 8.05. The van der Waals surface area contributed by atoms with Crippen LogP contribution in [0.2, 0.25) is 0 Å². The van der Waals surface area contributed by atoms with Crippen LogP contribution < -0.4 is 20.7 Å². The van der Waals surface area contributed by atoms with Crippen molar-refractivity contribution in [3.05, 3.63) is 94.1 Å². The number of carbonyl (C=O) groups is 4. The largest absolute Gasteiger partial charge is 0.506 e. The number of nitrogens with zero attached hydrogens (tertiary/aromatic N) is 2. The van der Waals surface area contributed by atoms with Crippen molar-refractivity contribution in [3.8, 4) is 11.5 Å². The Hall–Kier alpha value is -5.92. The molecular formula is C42H51N5O12S. The fourth-order valence-electron chi connectivity index (χ4n) is 5.28.